The second-order valence-corrected chi connectivity index (χ2v) is 4.00. The zero-order chi connectivity index (χ0) is 12.1. The zero-order valence-electron chi connectivity index (χ0n) is 9.99. The summed E-state index contributed by atoms with van der Waals surface area (Å²) in [5.74, 6) is 0. The van der Waals surface area contributed by atoms with Gasteiger partial charge in [0.1, 0.15) is 17.7 Å². The van der Waals surface area contributed by atoms with Gasteiger partial charge in [-0.05, 0) is 12.1 Å². The lowest BCUT2D eigenvalue weighted by Crippen LogP contribution is -2.18. The Labute approximate surface area is 96.7 Å². The van der Waals surface area contributed by atoms with Crippen LogP contribution >= 0.6 is 0 Å². The molecule has 0 amide bonds. The maximum atomic E-state index is 8.91. The number of allylic oxidation sites excluding steroid dienone is 1. The van der Waals surface area contributed by atoms with Crippen molar-refractivity contribution in [2.75, 3.05) is 33.7 Å². The van der Waals surface area contributed by atoms with Crippen molar-refractivity contribution in [3.63, 3.8) is 0 Å². The Bertz CT molecular complexity index is 388. The van der Waals surface area contributed by atoms with Crippen LogP contribution in [-0.4, -0.2) is 43.5 Å². The summed E-state index contributed by atoms with van der Waals surface area (Å²) in [5, 5.41) is 17.8. The van der Waals surface area contributed by atoms with Crippen LogP contribution in [0.3, 0.4) is 0 Å². The summed E-state index contributed by atoms with van der Waals surface area (Å²) >= 11 is 0. The van der Waals surface area contributed by atoms with Crippen molar-refractivity contribution >= 4 is 0 Å². The van der Waals surface area contributed by atoms with Crippen molar-refractivity contribution in [3.05, 3.63) is 22.9 Å². The first-order valence-corrected chi connectivity index (χ1v) is 5.25. The maximum absolute atomic E-state index is 8.91. The second kappa shape index (κ2) is 5.34. The van der Waals surface area contributed by atoms with Gasteiger partial charge >= 0.3 is 0 Å². The van der Waals surface area contributed by atoms with Crippen LogP contribution < -0.4 is 0 Å². The van der Waals surface area contributed by atoms with Crippen molar-refractivity contribution in [2.24, 2.45) is 0 Å². The lowest BCUT2D eigenvalue weighted by Gasteiger charge is -2.09. The quantitative estimate of drug-likeness (QED) is 0.649. The number of likely N-dealkylation sites (tertiary alicyclic amines) is 1. The van der Waals surface area contributed by atoms with Gasteiger partial charge in [0, 0.05) is 39.0 Å². The molecular formula is C12H16N4. The van der Waals surface area contributed by atoms with Crippen LogP contribution in [0.15, 0.2) is 22.9 Å². The highest BCUT2D eigenvalue weighted by molar-refractivity contribution is 5.52. The third kappa shape index (κ3) is 2.62. The molecule has 16 heavy (non-hydrogen) atoms. The first-order valence-electron chi connectivity index (χ1n) is 5.25. The summed E-state index contributed by atoms with van der Waals surface area (Å²) in [7, 11) is 3.88. The zero-order valence-corrected chi connectivity index (χ0v) is 9.99. The molecule has 0 aromatic carbocycles. The first kappa shape index (κ1) is 12.3. The van der Waals surface area contributed by atoms with Gasteiger partial charge in [0.2, 0.25) is 0 Å². The van der Waals surface area contributed by atoms with Crippen LogP contribution in [0, 0.1) is 22.7 Å². The summed E-state index contributed by atoms with van der Waals surface area (Å²) in [6.07, 6.45) is 1.99. The van der Waals surface area contributed by atoms with E-state index in [0.29, 0.717) is 6.54 Å². The van der Waals surface area contributed by atoms with E-state index in [1.54, 1.807) is 0 Å². The van der Waals surface area contributed by atoms with Gasteiger partial charge in [0.25, 0.3) is 0 Å². The summed E-state index contributed by atoms with van der Waals surface area (Å²) in [5.41, 5.74) is 2.19. The number of likely N-dealkylation sites (N-methyl/N-ethyl adjacent to an activating group) is 1. The lowest BCUT2D eigenvalue weighted by molar-refractivity contribution is 0.374. The van der Waals surface area contributed by atoms with E-state index in [2.05, 4.69) is 11.8 Å². The highest BCUT2D eigenvalue weighted by atomic mass is 15.1. The number of hydrogen-bond acceptors (Lipinski definition) is 4. The van der Waals surface area contributed by atoms with E-state index in [1.807, 2.05) is 37.3 Å². The monoisotopic (exact) mass is 216 g/mol. The molecule has 0 saturated carbocycles. The largest absolute Gasteiger partial charge is 0.383 e. The summed E-state index contributed by atoms with van der Waals surface area (Å²) in [6.45, 7) is 4.52. The Morgan fingerprint density at radius 2 is 2.00 bits per heavy atom. The van der Waals surface area contributed by atoms with Gasteiger partial charge in [0.05, 0.1) is 0 Å². The fourth-order valence-corrected chi connectivity index (χ4v) is 1.77. The minimum absolute atomic E-state index is 0.240. The average molecular weight is 216 g/mol. The number of hydrogen-bond donors (Lipinski definition) is 0. The summed E-state index contributed by atoms with van der Waals surface area (Å²) in [4.78, 5) is 4.15. The summed E-state index contributed by atoms with van der Waals surface area (Å²) in [6, 6.07) is 3.95. The normalized spacial score (nSPS) is 18.3. The number of rotatable bonds is 2. The molecule has 4 heteroatoms. The van der Waals surface area contributed by atoms with E-state index in [9.17, 15) is 0 Å². The molecule has 0 unspecified atom stereocenters. The minimum atomic E-state index is 0.240. The van der Waals surface area contributed by atoms with Crippen LogP contribution in [0.5, 0.6) is 0 Å². The van der Waals surface area contributed by atoms with Gasteiger partial charge in [0.15, 0.2) is 0 Å². The highest BCUT2D eigenvalue weighted by Crippen LogP contribution is 2.24. The van der Waals surface area contributed by atoms with Crippen molar-refractivity contribution in [3.8, 4) is 12.1 Å². The van der Waals surface area contributed by atoms with Crippen molar-refractivity contribution < 1.29 is 0 Å². The number of nitrogens with zero attached hydrogens (tertiary/aromatic N) is 4. The van der Waals surface area contributed by atoms with Crippen LogP contribution in [-0.2, 0) is 0 Å². The molecule has 1 aliphatic heterocycles. The smallest absolute Gasteiger partial charge is 0.134 e. The van der Waals surface area contributed by atoms with Gasteiger partial charge < -0.3 is 4.90 Å². The van der Waals surface area contributed by atoms with E-state index >= 15 is 0 Å². The Morgan fingerprint density at radius 3 is 2.44 bits per heavy atom. The topological polar surface area (TPSA) is 54.1 Å². The van der Waals surface area contributed by atoms with Gasteiger partial charge in [-0.15, -0.1) is 0 Å². The maximum Gasteiger partial charge on any atom is 0.134 e. The van der Waals surface area contributed by atoms with E-state index in [4.69, 9.17) is 10.5 Å². The molecule has 84 valence electrons. The lowest BCUT2D eigenvalue weighted by atomic mass is 10.1. The molecular weight excluding hydrogens is 200 g/mol. The predicted molar refractivity (Wildman–Crippen MR) is 62.1 cm³/mol. The van der Waals surface area contributed by atoms with Gasteiger partial charge in [-0.3, -0.25) is 4.90 Å². The molecule has 0 spiro atoms. The summed E-state index contributed by atoms with van der Waals surface area (Å²) < 4.78 is 0. The molecule has 0 bridgehead atoms. The van der Waals surface area contributed by atoms with Gasteiger partial charge in [-0.1, -0.05) is 6.92 Å². The van der Waals surface area contributed by atoms with E-state index in [1.165, 1.54) is 0 Å². The molecule has 0 aliphatic carbocycles. The van der Waals surface area contributed by atoms with Gasteiger partial charge in [-0.2, -0.15) is 10.5 Å². The average Bonchev–Trinajstić information content (AvgIpc) is 2.63. The predicted octanol–water partition coefficient (Wildman–Crippen LogP) is 1.11. The molecule has 0 aromatic rings. The first-order chi connectivity index (χ1) is 7.62. The third-order valence-electron chi connectivity index (χ3n) is 2.55. The Hall–Kier alpha value is -1.78. The Morgan fingerprint density at radius 1 is 1.38 bits per heavy atom. The van der Waals surface area contributed by atoms with Crippen molar-refractivity contribution in [1.29, 1.82) is 10.5 Å². The van der Waals surface area contributed by atoms with Crippen molar-refractivity contribution in [2.45, 2.75) is 6.92 Å². The molecule has 1 rings (SSSR count). The molecule has 0 radical (unpaired) electrons. The SMILES string of the molecule is CCN1CC(=CN(C)C)C(=C(C#N)C#N)C1. The molecule has 0 N–H and O–H groups in total. The second-order valence-electron chi connectivity index (χ2n) is 4.00. The van der Waals surface area contributed by atoms with E-state index < -0.39 is 0 Å². The molecule has 0 atom stereocenters. The Kier molecular flexibility index (Phi) is 4.10. The van der Waals surface area contributed by atoms with E-state index in [0.717, 1.165) is 24.2 Å². The fraction of sp³-hybridized carbons (Fsp3) is 0.500. The molecule has 1 saturated heterocycles. The van der Waals surface area contributed by atoms with Crippen molar-refractivity contribution in [1.82, 2.24) is 9.80 Å². The molecule has 1 fully saturated rings. The van der Waals surface area contributed by atoms with Crippen LogP contribution in [0.4, 0.5) is 0 Å². The molecule has 0 aromatic heterocycles. The van der Waals surface area contributed by atoms with Crippen LogP contribution in [0.1, 0.15) is 6.92 Å². The van der Waals surface area contributed by atoms with Gasteiger partial charge in [-0.25, -0.2) is 0 Å². The Balaban J connectivity index is 3.13. The third-order valence-corrected chi connectivity index (χ3v) is 2.55. The van der Waals surface area contributed by atoms with E-state index in [-0.39, 0.29) is 5.57 Å². The minimum Gasteiger partial charge on any atom is -0.383 e. The highest BCUT2D eigenvalue weighted by Gasteiger charge is 2.23. The molecule has 1 aliphatic rings. The fourth-order valence-electron chi connectivity index (χ4n) is 1.77. The number of nitriles is 2. The molecule has 4 nitrogen and oxygen atoms in total. The van der Waals surface area contributed by atoms with Crippen LogP contribution in [0.2, 0.25) is 0 Å². The molecule has 1 heterocycles. The standard InChI is InChI=1S/C12H16N4/c1-4-16-8-11(7-15(2)3)12(9-16)10(5-13)6-14/h7H,4,8-9H2,1-3H3. The van der Waals surface area contributed by atoms with Crippen LogP contribution in [0.25, 0.3) is 0 Å².